The number of thiophene rings is 1. The molecule has 5 heterocycles. The van der Waals surface area contributed by atoms with E-state index in [4.69, 9.17) is 9.90 Å². The number of carboxylic acids is 1. The standard InChI is InChI=1S/C26H23F5N4O2S.C2HF3O2/c1-12-16(9-34-10-25(27,28)11-34)15(7-18(33-12)26(29,30)31)14-4-5-32-17-6-13(38-21(14)17)8-35-22(36)19-20(23(35)37)24(19,2)3;3-2(4,5)1(6)7/h4-7,19-20H,8-11H2,1-3H3;(H,6,7). The Labute approximate surface area is 253 Å². The molecule has 0 bridgehead atoms. The van der Waals surface area contributed by atoms with Gasteiger partial charge in [-0.3, -0.25) is 24.4 Å². The first-order valence-electron chi connectivity index (χ1n) is 13.3. The molecule has 1 N–H and O–H groups in total. The third-order valence-electron chi connectivity index (χ3n) is 8.11. The molecule has 3 fully saturated rings. The van der Waals surface area contributed by atoms with Gasteiger partial charge < -0.3 is 5.11 Å². The fourth-order valence-electron chi connectivity index (χ4n) is 5.82. The summed E-state index contributed by atoms with van der Waals surface area (Å²) in [7, 11) is 0. The molecule has 6 rings (SSSR count). The molecule has 0 aromatic carbocycles. The number of amides is 2. The highest BCUT2D eigenvalue weighted by Gasteiger charge is 2.72. The first kappa shape index (κ1) is 32.7. The minimum absolute atomic E-state index is 0.0271. The highest BCUT2D eigenvalue weighted by molar-refractivity contribution is 7.19. The van der Waals surface area contributed by atoms with Gasteiger partial charge in [-0.2, -0.15) is 26.3 Å². The Bertz CT molecular complexity index is 1690. The van der Waals surface area contributed by atoms with Gasteiger partial charge in [0.1, 0.15) is 5.69 Å². The Balaban J connectivity index is 0.000000515. The molecule has 1 saturated carbocycles. The van der Waals surface area contributed by atoms with Crippen molar-refractivity contribution >= 4 is 39.3 Å². The van der Waals surface area contributed by atoms with Crippen molar-refractivity contribution in [1.82, 2.24) is 19.8 Å². The van der Waals surface area contributed by atoms with Crippen molar-refractivity contribution < 1.29 is 54.6 Å². The molecule has 2 saturated heterocycles. The lowest BCUT2D eigenvalue weighted by Crippen LogP contribution is -2.55. The van der Waals surface area contributed by atoms with Crippen LogP contribution in [-0.2, 0) is 33.6 Å². The first-order valence-corrected chi connectivity index (χ1v) is 14.1. The molecule has 2 aliphatic heterocycles. The predicted molar refractivity (Wildman–Crippen MR) is 143 cm³/mol. The van der Waals surface area contributed by atoms with Crippen LogP contribution >= 0.6 is 11.3 Å². The van der Waals surface area contributed by atoms with Crippen LogP contribution in [0.4, 0.5) is 35.1 Å². The van der Waals surface area contributed by atoms with Crippen LogP contribution in [0.1, 0.15) is 35.7 Å². The van der Waals surface area contributed by atoms with Crippen LogP contribution in [0.25, 0.3) is 21.3 Å². The monoisotopic (exact) mass is 664 g/mol. The van der Waals surface area contributed by atoms with Gasteiger partial charge in [-0.05, 0) is 41.7 Å². The molecule has 2 atom stereocenters. The molecule has 17 heteroatoms. The summed E-state index contributed by atoms with van der Waals surface area (Å²) in [6.45, 7) is 4.39. The lowest BCUT2D eigenvalue weighted by molar-refractivity contribution is -0.192. The average molecular weight is 665 g/mol. The van der Waals surface area contributed by atoms with E-state index in [0.29, 0.717) is 26.2 Å². The van der Waals surface area contributed by atoms with E-state index in [1.165, 1.54) is 34.3 Å². The van der Waals surface area contributed by atoms with Crippen molar-refractivity contribution in [1.29, 1.82) is 0 Å². The third-order valence-corrected chi connectivity index (χ3v) is 9.26. The van der Waals surface area contributed by atoms with E-state index in [9.17, 15) is 44.7 Å². The lowest BCUT2D eigenvalue weighted by atomic mass is 9.96. The van der Waals surface area contributed by atoms with Crippen LogP contribution in [0.5, 0.6) is 0 Å². The topological polar surface area (TPSA) is 104 Å². The number of hydrogen-bond donors (Lipinski definition) is 1. The molecule has 3 aromatic heterocycles. The normalized spacial score (nSPS) is 22.2. The number of rotatable bonds is 5. The molecule has 45 heavy (non-hydrogen) atoms. The van der Waals surface area contributed by atoms with Gasteiger partial charge >= 0.3 is 18.3 Å². The molecule has 242 valence electrons. The number of pyridine rings is 2. The maximum atomic E-state index is 13.7. The van der Waals surface area contributed by atoms with Gasteiger partial charge in [0, 0.05) is 28.9 Å². The maximum Gasteiger partial charge on any atom is 0.490 e. The van der Waals surface area contributed by atoms with Gasteiger partial charge in [0.25, 0.3) is 5.92 Å². The number of aromatic nitrogens is 2. The van der Waals surface area contributed by atoms with Crippen molar-refractivity contribution in [3.63, 3.8) is 0 Å². The van der Waals surface area contributed by atoms with Crippen LogP contribution in [0, 0.1) is 24.2 Å². The van der Waals surface area contributed by atoms with E-state index in [1.54, 1.807) is 12.1 Å². The summed E-state index contributed by atoms with van der Waals surface area (Å²) < 4.78 is 100. The minimum Gasteiger partial charge on any atom is -0.475 e. The molecule has 2 unspecified atom stereocenters. The van der Waals surface area contributed by atoms with Crippen LogP contribution in [0.2, 0.25) is 0 Å². The molecule has 0 spiro atoms. The first-order chi connectivity index (χ1) is 20.6. The van der Waals surface area contributed by atoms with Gasteiger partial charge in [0.15, 0.2) is 0 Å². The van der Waals surface area contributed by atoms with Crippen LogP contribution < -0.4 is 0 Å². The van der Waals surface area contributed by atoms with Gasteiger partial charge in [0.2, 0.25) is 11.8 Å². The summed E-state index contributed by atoms with van der Waals surface area (Å²) in [6.07, 6.45) is -8.30. The number of carbonyl (C=O) groups is 3. The number of likely N-dealkylation sites (tertiary alicyclic amines) is 2. The number of aliphatic carboxylic acids is 1. The maximum absolute atomic E-state index is 13.7. The second-order valence-corrected chi connectivity index (χ2v) is 12.9. The molecule has 0 radical (unpaired) electrons. The summed E-state index contributed by atoms with van der Waals surface area (Å²) >= 11 is 1.25. The number of carbonyl (C=O) groups excluding carboxylic acids is 2. The number of halogens is 8. The molecule has 1 aliphatic carbocycles. The van der Waals surface area contributed by atoms with E-state index in [-0.39, 0.29) is 53.4 Å². The summed E-state index contributed by atoms with van der Waals surface area (Å²) in [5.41, 5.74) is 0.372. The fourth-order valence-corrected chi connectivity index (χ4v) is 6.95. The smallest absolute Gasteiger partial charge is 0.475 e. The Morgan fingerprint density at radius 3 is 2.11 bits per heavy atom. The predicted octanol–water partition coefficient (Wildman–Crippen LogP) is 5.91. The number of fused-ring (bicyclic) bond motifs is 2. The van der Waals surface area contributed by atoms with E-state index >= 15 is 0 Å². The zero-order chi connectivity index (χ0) is 33.4. The molecule has 2 amide bonds. The number of aryl methyl sites for hydroxylation is 1. The van der Waals surface area contributed by atoms with Crippen LogP contribution in [-0.4, -0.2) is 67.8 Å². The lowest BCUT2D eigenvalue weighted by Gasteiger charge is -2.39. The van der Waals surface area contributed by atoms with Crippen molar-refractivity contribution in [2.75, 3.05) is 13.1 Å². The zero-order valence-electron chi connectivity index (χ0n) is 23.7. The molecule has 3 aliphatic rings. The second-order valence-electron chi connectivity index (χ2n) is 11.7. The Morgan fingerprint density at radius 2 is 1.60 bits per heavy atom. The van der Waals surface area contributed by atoms with Crippen LogP contribution in [0.15, 0.2) is 24.4 Å². The molecule has 3 aromatic rings. The van der Waals surface area contributed by atoms with Crippen molar-refractivity contribution in [3.05, 3.63) is 46.2 Å². The quantitative estimate of drug-likeness (QED) is 0.267. The van der Waals surface area contributed by atoms with Gasteiger partial charge in [0.05, 0.1) is 41.7 Å². The van der Waals surface area contributed by atoms with E-state index in [1.807, 2.05) is 13.8 Å². The molecule has 8 nitrogen and oxygen atoms in total. The minimum atomic E-state index is -5.08. The number of hydrogen-bond acceptors (Lipinski definition) is 7. The second kappa shape index (κ2) is 10.7. The van der Waals surface area contributed by atoms with E-state index in [0.717, 1.165) is 6.07 Å². The van der Waals surface area contributed by atoms with E-state index in [2.05, 4.69) is 9.97 Å². The van der Waals surface area contributed by atoms with E-state index < -0.39 is 43.0 Å². The molecular weight excluding hydrogens is 640 g/mol. The average Bonchev–Trinajstić information content (AvgIpc) is 3.13. The highest BCUT2D eigenvalue weighted by Crippen LogP contribution is 2.63. The summed E-state index contributed by atoms with van der Waals surface area (Å²) in [5, 5.41) is 7.12. The van der Waals surface area contributed by atoms with Gasteiger partial charge in [-0.15, -0.1) is 11.3 Å². The number of piperidine rings is 1. The summed E-state index contributed by atoms with van der Waals surface area (Å²) in [4.78, 5) is 46.0. The molecular formula is C28H24F8N4O4S. The zero-order valence-corrected chi connectivity index (χ0v) is 24.5. The summed E-state index contributed by atoms with van der Waals surface area (Å²) in [6, 6.07) is 4.28. The van der Waals surface area contributed by atoms with Crippen molar-refractivity contribution in [3.8, 4) is 11.1 Å². The van der Waals surface area contributed by atoms with Gasteiger partial charge in [-0.1, -0.05) is 13.8 Å². The SMILES string of the molecule is Cc1nc(C(F)(F)F)cc(-c2ccnc3cc(CN4C(=O)C5C(C4=O)C5(C)C)sc23)c1CN1CC(F)(F)C1.O=C(O)C(F)(F)F. The van der Waals surface area contributed by atoms with Crippen LogP contribution in [0.3, 0.4) is 0 Å². The number of nitrogens with zero attached hydrogens (tertiary/aromatic N) is 4. The van der Waals surface area contributed by atoms with Crippen molar-refractivity contribution in [2.45, 2.75) is 52.1 Å². The largest absolute Gasteiger partial charge is 0.490 e. The Morgan fingerprint density at radius 1 is 1.02 bits per heavy atom. The van der Waals surface area contributed by atoms with Gasteiger partial charge in [-0.25, -0.2) is 18.6 Å². The number of alkyl halides is 8. The Hall–Kier alpha value is -3.73. The van der Waals surface area contributed by atoms with Crippen molar-refractivity contribution in [2.24, 2.45) is 17.3 Å². The Kier molecular flexibility index (Phi) is 7.75. The third kappa shape index (κ3) is 6.11. The fraction of sp³-hybridized carbons (Fsp3) is 0.464. The summed E-state index contributed by atoms with van der Waals surface area (Å²) in [5.74, 6) is -6.61. The number of carboxylic acid groups (broad SMARTS) is 1. The highest BCUT2D eigenvalue weighted by atomic mass is 32.1. The number of imide groups is 1.